The molecule has 3 unspecified atom stereocenters. The highest BCUT2D eigenvalue weighted by atomic mass is 16.4. The molecular formula is C15H18N2O4. The minimum atomic E-state index is -0.943. The van der Waals surface area contributed by atoms with Gasteiger partial charge in [0.15, 0.2) is 0 Å². The van der Waals surface area contributed by atoms with Crippen LogP contribution in [0.2, 0.25) is 0 Å². The van der Waals surface area contributed by atoms with Crippen molar-refractivity contribution < 1.29 is 14.7 Å². The van der Waals surface area contributed by atoms with Gasteiger partial charge in [-0.15, -0.1) is 0 Å². The molecule has 0 spiro atoms. The number of carbonyl (C=O) groups is 2. The van der Waals surface area contributed by atoms with Crippen LogP contribution in [-0.4, -0.2) is 39.0 Å². The number of hydrogen-bond donors (Lipinski definition) is 1. The average molecular weight is 290 g/mol. The molecule has 6 heteroatoms. The molecule has 1 N–H and O–H groups in total. The summed E-state index contributed by atoms with van der Waals surface area (Å²) < 4.78 is 1.38. The molecule has 0 radical (unpaired) electrons. The summed E-state index contributed by atoms with van der Waals surface area (Å²) in [4.78, 5) is 37.2. The Bertz CT molecular complexity index is 651. The van der Waals surface area contributed by atoms with Gasteiger partial charge in [-0.3, -0.25) is 9.59 Å². The number of aryl methyl sites for hydroxylation is 1. The van der Waals surface area contributed by atoms with E-state index in [4.69, 9.17) is 0 Å². The van der Waals surface area contributed by atoms with Crippen molar-refractivity contribution in [2.45, 2.75) is 25.3 Å². The van der Waals surface area contributed by atoms with Crippen molar-refractivity contribution in [3.05, 3.63) is 34.2 Å². The summed E-state index contributed by atoms with van der Waals surface area (Å²) in [5, 5.41) is 9.47. The van der Waals surface area contributed by atoms with Gasteiger partial charge in [-0.25, -0.2) is 4.79 Å². The molecule has 3 rings (SSSR count). The van der Waals surface area contributed by atoms with Crippen LogP contribution in [0.5, 0.6) is 0 Å². The highest BCUT2D eigenvalue weighted by Gasteiger charge is 2.49. The van der Waals surface area contributed by atoms with Crippen LogP contribution in [0.3, 0.4) is 0 Å². The Morgan fingerprint density at radius 3 is 2.76 bits per heavy atom. The summed E-state index contributed by atoms with van der Waals surface area (Å²) in [6.07, 6.45) is 4.41. The number of carbonyl (C=O) groups excluding carboxylic acids is 1. The van der Waals surface area contributed by atoms with Gasteiger partial charge in [0.2, 0.25) is 0 Å². The van der Waals surface area contributed by atoms with E-state index < -0.39 is 12.0 Å². The van der Waals surface area contributed by atoms with Crippen LogP contribution < -0.4 is 5.56 Å². The Balaban J connectivity index is 1.91. The lowest BCUT2D eigenvalue weighted by atomic mass is 9.94. The summed E-state index contributed by atoms with van der Waals surface area (Å²) in [6, 6.07) is 2.08. The minimum absolute atomic E-state index is 0.0537. The van der Waals surface area contributed by atoms with Crippen molar-refractivity contribution in [1.29, 1.82) is 0 Å². The van der Waals surface area contributed by atoms with Crippen molar-refractivity contribution in [2.24, 2.45) is 18.9 Å². The number of nitrogens with zero attached hydrogens (tertiary/aromatic N) is 2. The number of hydrogen-bond acceptors (Lipinski definition) is 3. The number of fused-ring (bicyclic) bond motifs is 1. The molecule has 1 aliphatic carbocycles. The van der Waals surface area contributed by atoms with E-state index >= 15 is 0 Å². The van der Waals surface area contributed by atoms with Gasteiger partial charge in [-0.2, -0.15) is 0 Å². The fourth-order valence-electron chi connectivity index (χ4n) is 3.68. The molecule has 1 saturated heterocycles. The highest BCUT2D eigenvalue weighted by molar-refractivity contribution is 5.97. The largest absolute Gasteiger partial charge is 0.480 e. The molecule has 1 saturated carbocycles. The van der Waals surface area contributed by atoms with Crippen LogP contribution in [-0.2, 0) is 11.8 Å². The highest BCUT2D eigenvalue weighted by Crippen LogP contribution is 2.42. The molecule has 2 aliphatic rings. The smallest absolute Gasteiger partial charge is 0.326 e. The summed E-state index contributed by atoms with van der Waals surface area (Å²) in [7, 11) is 1.61. The first-order valence-corrected chi connectivity index (χ1v) is 7.19. The van der Waals surface area contributed by atoms with E-state index in [0.717, 1.165) is 19.3 Å². The first kappa shape index (κ1) is 13.9. The number of carboxylic acids is 1. The fraction of sp³-hybridized carbons (Fsp3) is 0.533. The molecular weight excluding hydrogens is 272 g/mol. The van der Waals surface area contributed by atoms with Crippen LogP contribution >= 0.6 is 0 Å². The lowest BCUT2D eigenvalue weighted by Crippen LogP contribution is -2.43. The molecule has 1 aromatic rings. The van der Waals surface area contributed by atoms with Gasteiger partial charge in [0.1, 0.15) is 6.04 Å². The van der Waals surface area contributed by atoms with Gasteiger partial charge in [0.05, 0.1) is 0 Å². The molecule has 0 bridgehead atoms. The van der Waals surface area contributed by atoms with Crippen LogP contribution in [0.4, 0.5) is 0 Å². The normalized spacial score (nSPS) is 27.7. The van der Waals surface area contributed by atoms with Crippen molar-refractivity contribution in [2.75, 3.05) is 6.54 Å². The first-order valence-electron chi connectivity index (χ1n) is 7.19. The van der Waals surface area contributed by atoms with Crippen LogP contribution in [0, 0.1) is 11.8 Å². The molecule has 21 heavy (non-hydrogen) atoms. The summed E-state index contributed by atoms with van der Waals surface area (Å²) in [5.74, 6) is -0.962. The Hall–Kier alpha value is -2.11. The Morgan fingerprint density at radius 2 is 2.10 bits per heavy atom. The van der Waals surface area contributed by atoms with E-state index in [1.165, 1.54) is 21.7 Å². The molecule has 112 valence electrons. The molecule has 0 aromatic carbocycles. The molecule has 1 amide bonds. The zero-order chi connectivity index (χ0) is 15.1. The van der Waals surface area contributed by atoms with Crippen molar-refractivity contribution >= 4 is 11.9 Å². The molecule has 1 aromatic heterocycles. The number of rotatable bonds is 2. The SMILES string of the molecule is Cn1ccc(C(=O)N2CC3CCCC3C2C(=O)O)cc1=O. The molecule has 2 fully saturated rings. The van der Waals surface area contributed by atoms with Crippen molar-refractivity contribution in [3.8, 4) is 0 Å². The number of amides is 1. The fourth-order valence-corrected chi connectivity index (χ4v) is 3.68. The summed E-state index contributed by atoms with van der Waals surface area (Å²) in [5.41, 5.74) is -0.00330. The van der Waals surface area contributed by atoms with Crippen LogP contribution in [0.25, 0.3) is 0 Å². The monoisotopic (exact) mass is 290 g/mol. The van der Waals surface area contributed by atoms with E-state index in [0.29, 0.717) is 6.54 Å². The van der Waals surface area contributed by atoms with Gasteiger partial charge < -0.3 is 14.6 Å². The third kappa shape index (κ3) is 2.24. The van der Waals surface area contributed by atoms with Gasteiger partial charge in [-0.1, -0.05) is 6.42 Å². The second-order valence-corrected chi connectivity index (χ2v) is 5.96. The number of likely N-dealkylation sites (tertiary alicyclic amines) is 1. The quantitative estimate of drug-likeness (QED) is 0.870. The number of aliphatic carboxylic acids is 1. The molecule has 2 heterocycles. The molecule has 1 aliphatic heterocycles. The molecule has 6 nitrogen and oxygen atoms in total. The number of carboxylic acid groups (broad SMARTS) is 1. The Kier molecular flexibility index (Phi) is 3.31. The van der Waals surface area contributed by atoms with E-state index in [1.807, 2.05) is 0 Å². The first-order chi connectivity index (χ1) is 9.99. The van der Waals surface area contributed by atoms with Gasteiger partial charge in [0.25, 0.3) is 11.5 Å². The Labute approximate surface area is 122 Å². The lowest BCUT2D eigenvalue weighted by molar-refractivity contribution is -0.142. The maximum Gasteiger partial charge on any atom is 0.326 e. The second kappa shape index (κ2) is 5.02. The lowest BCUT2D eigenvalue weighted by Gasteiger charge is -2.24. The Morgan fingerprint density at radius 1 is 1.33 bits per heavy atom. The maximum absolute atomic E-state index is 12.6. The average Bonchev–Trinajstić information content (AvgIpc) is 3.00. The zero-order valence-corrected chi connectivity index (χ0v) is 11.9. The predicted molar refractivity (Wildman–Crippen MR) is 75.0 cm³/mol. The van der Waals surface area contributed by atoms with E-state index in [9.17, 15) is 19.5 Å². The van der Waals surface area contributed by atoms with E-state index in [2.05, 4.69) is 0 Å². The van der Waals surface area contributed by atoms with Crippen LogP contribution in [0.1, 0.15) is 29.6 Å². The maximum atomic E-state index is 12.6. The zero-order valence-electron chi connectivity index (χ0n) is 11.9. The van der Waals surface area contributed by atoms with Crippen LogP contribution in [0.15, 0.2) is 23.1 Å². The number of aromatic nitrogens is 1. The summed E-state index contributed by atoms with van der Waals surface area (Å²) in [6.45, 7) is 0.482. The third-order valence-electron chi connectivity index (χ3n) is 4.76. The second-order valence-electron chi connectivity index (χ2n) is 5.96. The summed E-state index contributed by atoms with van der Waals surface area (Å²) >= 11 is 0. The van der Waals surface area contributed by atoms with Crippen molar-refractivity contribution in [1.82, 2.24) is 9.47 Å². The topological polar surface area (TPSA) is 79.6 Å². The third-order valence-corrected chi connectivity index (χ3v) is 4.76. The minimum Gasteiger partial charge on any atom is -0.480 e. The van der Waals surface area contributed by atoms with Gasteiger partial charge in [0, 0.05) is 31.4 Å². The van der Waals surface area contributed by atoms with E-state index in [1.54, 1.807) is 13.1 Å². The standard InChI is InChI=1S/C15H18N2O4/c1-16-6-5-9(7-12(16)18)14(19)17-8-10-3-2-4-11(10)13(17)15(20)21/h5-7,10-11,13H,2-4,8H2,1H3,(H,20,21). The van der Waals surface area contributed by atoms with E-state index in [-0.39, 0.29) is 28.9 Å². The molecule has 3 atom stereocenters. The number of pyridine rings is 1. The van der Waals surface area contributed by atoms with Gasteiger partial charge >= 0.3 is 5.97 Å². The predicted octanol–water partition coefficient (Wildman–Crippen LogP) is 0.711. The van der Waals surface area contributed by atoms with Crippen molar-refractivity contribution in [3.63, 3.8) is 0 Å². The van der Waals surface area contributed by atoms with Gasteiger partial charge in [-0.05, 0) is 30.7 Å².